The van der Waals surface area contributed by atoms with Gasteiger partial charge in [0.15, 0.2) is 0 Å². The molecule has 1 saturated carbocycles. The largest absolute Gasteiger partial charge is 0.507 e. The summed E-state index contributed by atoms with van der Waals surface area (Å²) in [5.41, 5.74) is 4.79. The quantitative estimate of drug-likeness (QED) is 0.534. The highest BCUT2D eigenvalue weighted by Gasteiger charge is 2.16. The molecule has 3 aromatic carbocycles. The van der Waals surface area contributed by atoms with Crippen LogP contribution in [-0.2, 0) is 0 Å². The Balaban J connectivity index is 1.79. The summed E-state index contributed by atoms with van der Waals surface area (Å²) >= 11 is 0. The van der Waals surface area contributed by atoms with E-state index in [2.05, 4.69) is 18.2 Å². The molecular formula is C25H25NO. The molecule has 0 heterocycles. The summed E-state index contributed by atoms with van der Waals surface area (Å²) in [6, 6.07) is 24.7. The molecule has 0 radical (unpaired) electrons. The van der Waals surface area contributed by atoms with Crippen molar-refractivity contribution in [2.45, 2.75) is 38.1 Å². The maximum Gasteiger partial charge on any atom is 0.132 e. The Morgan fingerprint density at radius 1 is 0.704 bits per heavy atom. The highest BCUT2D eigenvalue weighted by molar-refractivity contribution is 5.97. The lowest BCUT2D eigenvalue weighted by atomic mass is 9.93. The minimum absolute atomic E-state index is 0.308. The van der Waals surface area contributed by atoms with E-state index >= 15 is 0 Å². The fourth-order valence-corrected chi connectivity index (χ4v) is 3.87. The topological polar surface area (TPSA) is 32.6 Å². The van der Waals surface area contributed by atoms with E-state index in [4.69, 9.17) is 4.99 Å². The first kappa shape index (κ1) is 17.5. The smallest absolute Gasteiger partial charge is 0.132 e. The zero-order chi connectivity index (χ0) is 18.5. The fraction of sp³-hybridized carbons (Fsp3) is 0.240. The molecule has 0 atom stereocenters. The van der Waals surface area contributed by atoms with Crippen LogP contribution in [0.25, 0.3) is 22.3 Å². The van der Waals surface area contributed by atoms with Crippen LogP contribution in [0.2, 0.25) is 0 Å². The highest BCUT2D eigenvalue weighted by Crippen LogP contribution is 2.37. The average Bonchev–Trinajstić information content (AvgIpc) is 2.74. The van der Waals surface area contributed by atoms with Crippen LogP contribution in [-0.4, -0.2) is 17.4 Å². The Hall–Kier alpha value is -2.87. The Kier molecular flexibility index (Phi) is 5.34. The van der Waals surface area contributed by atoms with Gasteiger partial charge in [0.05, 0.1) is 0 Å². The predicted molar refractivity (Wildman–Crippen MR) is 113 cm³/mol. The highest BCUT2D eigenvalue weighted by atomic mass is 16.3. The predicted octanol–water partition coefficient (Wildman–Crippen LogP) is 6.48. The summed E-state index contributed by atoms with van der Waals surface area (Å²) in [6.07, 6.45) is 8.02. The SMILES string of the molecule is Oc1c(-c2ccccc2)ccc(-c2ccccc2)c1C=NC1CCCCC1. The van der Waals surface area contributed by atoms with Crippen molar-refractivity contribution in [2.75, 3.05) is 0 Å². The van der Waals surface area contributed by atoms with Crippen molar-refractivity contribution in [1.29, 1.82) is 0 Å². The van der Waals surface area contributed by atoms with Crippen molar-refractivity contribution >= 4 is 6.21 Å². The van der Waals surface area contributed by atoms with Crippen molar-refractivity contribution < 1.29 is 5.11 Å². The molecule has 0 aromatic heterocycles. The molecule has 0 amide bonds. The lowest BCUT2D eigenvalue weighted by Crippen LogP contribution is -2.09. The van der Waals surface area contributed by atoms with Crippen LogP contribution in [0.15, 0.2) is 77.8 Å². The number of phenols is 1. The van der Waals surface area contributed by atoms with Crippen molar-refractivity contribution in [3.8, 4) is 28.0 Å². The molecule has 136 valence electrons. The van der Waals surface area contributed by atoms with E-state index in [1.165, 1.54) is 19.3 Å². The van der Waals surface area contributed by atoms with E-state index < -0.39 is 0 Å². The lowest BCUT2D eigenvalue weighted by molar-refractivity contribution is 0.444. The number of nitrogens with zero attached hydrogens (tertiary/aromatic N) is 1. The first-order chi connectivity index (χ1) is 13.3. The van der Waals surface area contributed by atoms with Gasteiger partial charge < -0.3 is 5.11 Å². The van der Waals surface area contributed by atoms with E-state index in [0.29, 0.717) is 11.8 Å². The number of aromatic hydroxyl groups is 1. The van der Waals surface area contributed by atoms with Crippen molar-refractivity contribution in [2.24, 2.45) is 4.99 Å². The van der Waals surface area contributed by atoms with Gasteiger partial charge in [0, 0.05) is 23.4 Å². The maximum atomic E-state index is 11.1. The van der Waals surface area contributed by atoms with Crippen LogP contribution in [0.4, 0.5) is 0 Å². The number of hydrogen-bond acceptors (Lipinski definition) is 2. The molecule has 1 aliphatic carbocycles. The average molecular weight is 355 g/mol. The van der Waals surface area contributed by atoms with Gasteiger partial charge in [0.2, 0.25) is 0 Å². The summed E-state index contributed by atoms with van der Waals surface area (Å²) in [5.74, 6) is 0.308. The third-order valence-electron chi connectivity index (χ3n) is 5.38. The number of aliphatic imine (C=N–C) groups is 1. The van der Waals surface area contributed by atoms with Gasteiger partial charge in [0.1, 0.15) is 5.75 Å². The number of benzene rings is 3. The van der Waals surface area contributed by atoms with Gasteiger partial charge in [-0.25, -0.2) is 0 Å². The summed E-state index contributed by atoms with van der Waals surface area (Å²) in [5, 5.41) is 11.1. The summed E-state index contributed by atoms with van der Waals surface area (Å²) < 4.78 is 0. The molecule has 0 saturated heterocycles. The van der Waals surface area contributed by atoms with Gasteiger partial charge >= 0.3 is 0 Å². The molecule has 0 spiro atoms. The number of hydrogen-bond donors (Lipinski definition) is 1. The molecule has 2 nitrogen and oxygen atoms in total. The molecule has 1 aliphatic rings. The van der Waals surface area contributed by atoms with Gasteiger partial charge in [-0.15, -0.1) is 0 Å². The zero-order valence-electron chi connectivity index (χ0n) is 15.5. The zero-order valence-corrected chi connectivity index (χ0v) is 15.5. The number of phenolic OH excluding ortho intramolecular Hbond substituents is 1. The Labute approximate surface area is 161 Å². The van der Waals surface area contributed by atoms with E-state index in [9.17, 15) is 5.11 Å². The monoisotopic (exact) mass is 355 g/mol. The Morgan fingerprint density at radius 2 is 1.26 bits per heavy atom. The second-order valence-electron chi connectivity index (χ2n) is 7.23. The summed E-state index contributed by atoms with van der Waals surface area (Å²) in [4.78, 5) is 4.85. The van der Waals surface area contributed by atoms with Crippen LogP contribution < -0.4 is 0 Å². The molecule has 27 heavy (non-hydrogen) atoms. The fourth-order valence-electron chi connectivity index (χ4n) is 3.87. The van der Waals surface area contributed by atoms with E-state index in [-0.39, 0.29) is 0 Å². The van der Waals surface area contributed by atoms with Crippen molar-refractivity contribution in [1.82, 2.24) is 0 Å². The van der Waals surface area contributed by atoms with Gasteiger partial charge in [-0.1, -0.05) is 86.0 Å². The van der Waals surface area contributed by atoms with Gasteiger partial charge in [0.25, 0.3) is 0 Å². The molecule has 3 aromatic rings. The van der Waals surface area contributed by atoms with Crippen LogP contribution in [0.3, 0.4) is 0 Å². The summed E-state index contributed by atoms with van der Waals surface area (Å²) in [7, 11) is 0. The van der Waals surface area contributed by atoms with E-state index in [1.54, 1.807) is 0 Å². The van der Waals surface area contributed by atoms with Gasteiger partial charge in [-0.3, -0.25) is 4.99 Å². The molecule has 0 aliphatic heterocycles. The number of rotatable bonds is 4. The molecular weight excluding hydrogens is 330 g/mol. The minimum Gasteiger partial charge on any atom is -0.507 e. The first-order valence-corrected chi connectivity index (χ1v) is 9.83. The van der Waals surface area contributed by atoms with Crippen molar-refractivity contribution in [3.05, 3.63) is 78.4 Å². The molecule has 1 fully saturated rings. The van der Waals surface area contributed by atoms with Crippen LogP contribution >= 0.6 is 0 Å². The summed E-state index contributed by atoms with van der Waals surface area (Å²) in [6.45, 7) is 0. The first-order valence-electron chi connectivity index (χ1n) is 9.83. The third-order valence-corrected chi connectivity index (χ3v) is 5.38. The Morgan fingerprint density at radius 3 is 1.89 bits per heavy atom. The molecule has 2 heteroatoms. The van der Waals surface area contributed by atoms with Crippen LogP contribution in [0.5, 0.6) is 5.75 Å². The molecule has 0 unspecified atom stereocenters. The van der Waals surface area contributed by atoms with Crippen LogP contribution in [0.1, 0.15) is 37.7 Å². The second-order valence-corrected chi connectivity index (χ2v) is 7.23. The van der Waals surface area contributed by atoms with Crippen LogP contribution in [0, 0.1) is 0 Å². The standard InChI is InChI=1S/C25H25NO/c27-25-23(20-12-6-2-7-13-20)17-16-22(19-10-4-1-5-11-19)24(25)18-26-21-14-8-3-9-15-21/h1-2,4-7,10-13,16-18,21,27H,3,8-9,14-15H2. The van der Waals surface area contributed by atoms with Gasteiger partial charge in [-0.2, -0.15) is 0 Å². The minimum atomic E-state index is 0.308. The lowest BCUT2D eigenvalue weighted by Gasteiger charge is -2.18. The van der Waals surface area contributed by atoms with E-state index in [0.717, 1.165) is 40.7 Å². The van der Waals surface area contributed by atoms with Gasteiger partial charge in [-0.05, 0) is 35.6 Å². The normalized spacial score (nSPS) is 15.3. The second kappa shape index (κ2) is 8.22. The molecule has 4 rings (SSSR count). The van der Waals surface area contributed by atoms with Crippen molar-refractivity contribution in [3.63, 3.8) is 0 Å². The molecule has 0 bridgehead atoms. The van der Waals surface area contributed by atoms with E-state index in [1.807, 2.05) is 60.8 Å². The maximum absolute atomic E-state index is 11.1. The third kappa shape index (κ3) is 3.95. The Bertz CT molecular complexity index is 910. The molecule has 1 N–H and O–H groups in total.